The molecule has 0 radical (unpaired) electrons. The lowest BCUT2D eigenvalue weighted by atomic mass is 10.0. The number of rotatable bonds is 5. The van der Waals surface area contributed by atoms with Gasteiger partial charge in [-0.3, -0.25) is 4.79 Å². The Bertz CT molecular complexity index is 176. The molecule has 0 amide bonds. The van der Waals surface area contributed by atoms with Crippen LogP contribution in [0.4, 0.5) is 0 Å². The van der Waals surface area contributed by atoms with Crippen molar-refractivity contribution in [2.75, 3.05) is 6.54 Å². The van der Waals surface area contributed by atoms with E-state index in [0.29, 0.717) is 0 Å². The van der Waals surface area contributed by atoms with Crippen LogP contribution in [0.2, 0.25) is 0 Å². The Kier molecular flexibility index (Phi) is 4.81. The van der Waals surface area contributed by atoms with E-state index in [1.807, 2.05) is 0 Å². The van der Waals surface area contributed by atoms with Crippen LogP contribution in [-0.4, -0.2) is 57.3 Å². The number of carboxylic acids is 1. The highest BCUT2D eigenvalue weighted by Crippen LogP contribution is 2.02. The summed E-state index contributed by atoms with van der Waals surface area (Å²) in [5.74, 6) is -1.46. The topological polar surface area (TPSA) is 150 Å². The molecule has 0 fully saturated rings. The summed E-state index contributed by atoms with van der Waals surface area (Å²) in [5.41, 5.74) is 9.97. The van der Waals surface area contributed by atoms with Gasteiger partial charge >= 0.3 is 5.97 Å². The molecule has 78 valence electrons. The van der Waals surface area contributed by atoms with Crippen molar-refractivity contribution in [2.45, 2.75) is 24.4 Å². The highest BCUT2D eigenvalue weighted by atomic mass is 16.4. The number of carboxylic acid groups (broad SMARTS) is 1. The van der Waals surface area contributed by atoms with Gasteiger partial charge in [-0.1, -0.05) is 0 Å². The van der Waals surface area contributed by atoms with E-state index in [9.17, 15) is 4.79 Å². The zero-order valence-corrected chi connectivity index (χ0v) is 6.87. The van der Waals surface area contributed by atoms with Gasteiger partial charge in [0, 0.05) is 6.54 Å². The summed E-state index contributed by atoms with van der Waals surface area (Å²) < 4.78 is 0. The summed E-state index contributed by atoms with van der Waals surface area (Å²) in [7, 11) is 0. The fourth-order valence-electron chi connectivity index (χ4n) is 0.726. The second-order valence-corrected chi connectivity index (χ2v) is 2.65. The van der Waals surface area contributed by atoms with Gasteiger partial charge in [-0.05, 0) is 0 Å². The van der Waals surface area contributed by atoms with Crippen LogP contribution in [0.25, 0.3) is 0 Å². The molecular weight excluding hydrogens is 180 g/mol. The Balaban J connectivity index is 4.24. The number of hydrogen-bond donors (Lipinski definition) is 6. The number of carbonyl (C=O) groups is 1. The van der Waals surface area contributed by atoms with Crippen LogP contribution < -0.4 is 11.5 Å². The Labute approximate surface area is 74.6 Å². The maximum absolute atomic E-state index is 10.2. The molecule has 0 aromatic carbocycles. The summed E-state index contributed by atoms with van der Waals surface area (Å²) in [6.45, 7) is -0.287. The van der Waals surface area contributed by atoms with Crippen LogP contribution in [0.15, 0.2) is 0 Å². The minimum Gasteiger partial charge on any atom is -0.480 e. The lowest BCUT2D eigenvalue weighted by Gasteiger charge is -2.24. The molecule has 0 aliphatic rings. The number of nitrogens with two attached hydrogens (primary N) is 2. The summed E-state index contributed by atoms with van der Waals surface area (Å²) in [4.78, 5) is 10.2. The standard InChI is InChI=1S/C6H14N2O5/c7-1-2(9)4(10)5(11)3(8)6(12)13/h2-5,9-11H,1,7-8H2,(H,12,13). The molecule has 8 N–H and O–H groups in total. The first-order valence-corrected chi connectivity index (χ1v) is 3.64. The van der Waals surface area contributed by atoms with Gasteiger partial charge in [0.05, 0.1) is 6.10 Å². The Hall–Kier alpha value is -0.730. The van der Waals surface area contributed by atoms with Crippen LogP contribution in [0.5, 0.6) is 0 Å². The molecule has 13 heavy (non-hydrogen) atoms. The van der Waals surface area contributed by atoms with Crippen LogP contribution in [-0.2, 0) is 4.79 Å². The third kappa shape index (κ3) is 3.25. The summed E-state index contributed by atoms with van der Waals surface area (Å²) in [6.07, 6.45) is -4.78. The smallest absolute Gasteiger partial charge is 0.323 e. The number of aliphatic carboxylic acids is 1. The average Bonchev–Trinajstić information content (AvgIpc) is 2.12. The zero-order valence-electron chi connectivity index (χ0n) is 6.87. The van der Waals surface area contributed by atoms with Gasteiger partial charge in [-0.2, -0.15) is 0 Å². The fraction of sp³-hybridized carbons (Fsp3) is 0.833. The number of aliphatic hydroxyl groups excluding tert-OH is 3. The SMILES string of the molecule is NCC(O)C(O)C(O)C(N)C(=O)O. The normalized spacial score (nSPS) is 20.4. The first kappa shape index (κ1) is 12.3. The van der Waals surface area contributed by atoms with Gasteiger partial charge in [-0.25, -0.2) is 0 Å². The Morgan fingerprint density at radius 1 is 1.23 bits per heavy atom. The summed E-state index contributed by atoms with van der Waals surface area (Å²) in [6, 6.07) is -1.64. The summed E-state index contributed by atoms with van der Waals surface area (Å²) >= 11 is 0. The minimum atomic E-state index is -1.74. The molecule has 0 heterocycles. The van der Waals surface area contributed by atoms with Crippen LogP contribution in [0, 0.1) is 0 Å². The van der Waals surface area contributed by atoms with E-state index in [-0.39, 0.29) is 6.54 Å². The van der Waals surface area contributed by atoms with Crippen molar-refractivity contribution in [3.63, 3.8) is 0 Å². The second-order valence-electron chi connectivity index (χ2n) is 2.65. The minimum absolute atomic E-state index is 0.287. The molecule has 0 spiro atoms. The Morgan fingerprint density at radius 3 is 2.00 bits per heavy atom. The molecule has 0 aliphatic heterocycles. The molecule has 0 aliphatic carbocycles. The molecule has 4 unspecified atom stereocenters. The van der Waals surface area contributed by atoms with Crippen molar-refractivity contribution in [2.24, 2.45) is 11.5 Å². The molecule has 0 aromatic heterocycles. The van der Waals surface area contributed by atoms with E-state index in [0.717, 1.165) is 0 Å². The average molecular weight is 194 g/mol. The molecule has 7 heteroatoms. The summed E-state index contributed by atoms with van der Waals surface area (Å²) in [5, 5.41) is 35.5. The van der Waals surface area contributed by atoms with Crippen LogP contribution in [0.3, 0.4) is 0 Å². The molecule has 0 saturated heterocycles. The van der Waals surface area contributed by atoms with Gasteiger partial charge in [-0.15, -0.1) is 0 Å². The third-order valence-corrected chi connectivity index (χ3v) is 1.64. The van der Waals surface area contributed by atoms with Gasteiger partial charge in [0.2, 0.25) is 0 Å². The van der Waals surface area contributed by atoms with Crippen molar-refractivity contribution >= 4 is 5.97 Å². The fourth-order valence-corrected chi connectivity index (χ4v) is 0.726. The van der Waals surface area contributed by atoms with E-state index in [1.54, 1.807) is 0 Å². The first-order chi connectivity index (χ1) is 5.91. The lowest BCUT2D eigenvalue weighted by molar-refractivity contribution is -0.145. The maximum Gasteiger partial charge on any atom is 0.323 e. The van der Waals surface area contributed by atoms with Crippen LogP contribution >= 0.6 is 0 Å². The van der Waals surface area contributed by atoms with Crippen molar-refractivity contribution in [3.8, 4) is 0 Å². The van der Waals surface area contributed by atoms with Gasteiger partial charge < -0.3 is 31.9 Å². The van der Waals surface area contributed by atoms with E-state index in [4.69, 9.17) is 31.9 Å². The zero-order chi connectivity index (χ0) is 10.6. The van der Waals surface area contributed by atoms with Gasteiger partial charge in [0.25, 0.3) is 0 Å². The molecule has 4 atom stereocenters. The number of hydrogen-bond acceptors (Lipinski definition) is 6. The molecule has 0 rings (SSSR count). The van der Waals surface area contributed by atoms with Crippen molar-refractivity contribution in [1.82, 2.24) is 0 Å². The van der Waals surface area contributed by atoms with Crippen molar-refractivity contribution in [1.29, 1.82) is 0 Å². The molecular formula is C6H14N2O5. The second kappa shape index (κ2) is 5.10. The highest BCUT2D eigenvalue weighted by Gasteiger charge is 2.32. The molecule has 0 bridgehead atoms. The lowest BCUT2D eigenvalue weighted by Crippen LogP contribution is -2.53. The van der Waals surface area contributed by atoms with Gasteiger partial charge in [0.15, 0.2) is 0 Å². The molecule has 0 aromatic rings. The maximum atomic E-state index is 10.2. The predicted molar refractivity (Wildman–Crippen MR) is 42.7 cm³/mol. The predicted octanol–water partition coefficient (Wildman–Crippen LogP) is -3.56. The van der Waals surface area contributed by atoms with Gasteiger partial charge in [0.1, 0.15) is 18.2 Å². The first-order valence-electron chi connectivity index (χ1n) is 3.64. The third-order valence-electron chi connectivity index (χ3n) is 1.64. The quantitative estimate of drug-likeness (QED) is 0.265. The molecule has 7 nitrogen and oxygen atoms in total. The molecule has 0 saturated carbocycles. The van der Waals surface area contributed by atoms with Crippen molar-refractivity contribution < 1.29 is 25.2 Å². The highest BCUT2D eigenvalue weighted by molar-refractivity contribution is 5.74. The van der Waals surface area contributed by atoms with E-state index in [2.05, 4.69) is 0 Å². The van der Waals surface area contributed by atoms with E-state index in [1.165, 1.54) is 0 Å². The van der Waals surface area contributed by atoms with Crippen molar-refractivity contribution in [3.05, 3.63) is 0 Å². The van der Waals surface area contributed by atoms with E-state index >= 15 is 0 Å². The largest absolute Gasteiger partial charge is 0.480 e. The van der Waals surface area contributed by atoms with E-state index < -0.39 is 30.3 Å². The Morgan fingerprint density at radius 2 is 1.69 bits per heavy atom. The monoisotopic (exact) mass is 194 g/mol. The van der Waals surface area contributed by atoms with Crippen LogP contribution in [0.1, 0.15) is 0 Å². The number of aliphatic hydroxyl groups is 3.